The van der Waals surface area contributed by atoms with E-state index in [1.54, 1.807) is 34.2 Å². The summed E-state index contributed by atoms with van der Waals surface area (Å²) >= 11 is 5.98. The Hall–Kier alpha value is -4.37. The highest BCUT2D eigenvalue weighted by Crippen LogP contribution is 2.22. The molecule has 1 aliphatic rings. The molecular weight excluding hydrogens is 490 g/mol. The number of rotatable bonds is 5. The molecule has 1 aliphatic heterocycles. The highest BCUT2D eigenvalue weighted by atomic mass is 35.5. The number of halogens is 1. The second-order valence-corrected chi connectivity index (χ2v) is 9.28. The van der Waals surface area contributed by atoms with E-state index < -0.39 is 0 Å². The molecule has 1 saturated heterocycles. The fraction of sp³-hybridized carbons (Fsp3) is 0.185. The Labute approximate surface area is 219 Å². The number of H-pyrrole nitrogens is 1. The van der Waals surface area contributed by atoms with Gasteiger partial charge in [0.2, 0.25) is 5.95 Å². The molecule has 0 bridgehead atoms. The minimum absolute atomic E-state index is 0.0726. The fourth-order valence-electron chi connectivity index (χ4n) is 4.28. The molecule has 3 heterocycles. The molecule has 0 radical (unpaired) electrons. The number of hydrogen-bond acceptors (Lipinski definition) is 6. The van der Waals surface area contributed by atoms with Gasteiger partial charge in [0.05, 0.1) is 11.3 Å². The van der Waals surface area contributed by atoms with E-state index in [9.17, 15) is 9.59 Å². The van der Waals surface area contributed by atoms with Crippen molar-refractivity contribution in [2.75, 3.05) is 37.2 Å². The van der Waals surface area contributed by atoms with Crippen molar-refractivity contribution in [3.63, 3.8) is 0 Å². The molecule has 5 rings (SSSR count). The minimum atomic E-state index is -0.119. The van der Waals surface area contributed by atoms with Crippen LogP contribution in [0.2, 0.25) is 5.02 Å². The van der Waals surface area contributed by atoms with Gasteiger partial charge < -0.3 is 25.8 Å². The van der Waals surface area contributed by atoms with E-state index in [2.05, 4.69) is 20.3 Å². The maximum atomic E-state index is 13.0. The summed E-state index contributed by atoms with van der Waals surface area (Å²) < 4.78 is 0. The molecule has 37 heavy (non-hydrogen) atoms. The van der Waals surface area contributed by atoms with Crippen LogP contribution in [0.3, 0.4) is 0 Å². The average Bonchev–Trinajstić information content (AvgIpc) is 3.26. The molecule has 2 amide bonds. The van der Waals surface area contributed by atoms with Gasteiger partial charge in [-0.25, -0.2) is 9.97 Å². The number of aromatic amines is 1. The monoisotopic (exact) mass is 515 g/mol. The molecule has 4 N–H and O–H groups in total. The molecule has 0 spiro atoms. The van der Waals surface area contributed by atoms with E-state index in [1.165, 1.54) is 0 Å². The lowest BCUT2D eigenvalue weighted by Crippen LogP contribution is -2.50. The summed E-state index contributed by atoms with van der Waals surface area (Å²) in [7, 11) is 0. The Balaban J connectivity index is 1.19. The predicted molar refractivity (Wildman–Crippen MR) is 144 cm³/mol. The molecule has 0 aliphatic carbocycles. The Morgan fingerprint density at radius 2 is 1.59 bits per heavy atom. The largest absolute Gasteiger partial charge is 0.385 e. The molecule has 4 aromatic rings. The molecule has 0 unspecified atom stereocenters. The highest BCUT2D eigenvalue weighted by molar-refractivity contribution is 6.30. The fourth-order valence-corrected chi connectivity index (χ4v) is 4.40. The van der Waals surface area contributed by atoms with Crippen LogP contribution >= 0.6 is 11.6 Å². The van der Waals surface area contributed by atoms with Crippen LogP contribution in [-0.2, 0) is 0 Å². The number of benzene rings is 2. The van der Waals surface area contributed by atoms with Crippen LogP contribution in [0.15, 0.2) is 66.9 Å². The van der Waals surface area contributed by atoms with Gasteiger partial charge in [0, 0.05) is 59.9 Å². The summed E-state index contributed by atoms with van der Waals surface area (Å²) in [4.78, 5) is 41.1. The summed E-state index contributed by atoms with van der Waals surface area (Å²) in [6.07, 6.45) is 1.69. The summed E-state index contributed by atoms with van der Waals surface area (Å²) in [5, 5.41) is 3.85. The van der Waals surface area contributed by atoms with E-state index in [4.69, 9.17) is 17.3 Å². The van der Waals surface area contributed by atoms with Crippen molar-refractivity contribution < 1.29 is 9.59 Å². The highest BCUT2D eigenvalue weighted by Gasteiger charge is 2.27. The first kappa shape index (κ1) is 24.3. The number of aromatic nitrogens is 3. The smallest absolute Gasteiger partial charge is 0.257 e. The summed E-state index contributed by atoms with van der Waals surface area (Å²) in [5.74, 6) is 0.630. The van der Waals surface area contributed by atoms with Crippen LogP contribution in [0.4, 0.5) is 17.5 Å². The number of aryl methyl sites for hydroxylation is 1. The number of carbonyl (C=O) groups excluding carboxylic acids is 2. The van der Waals surface area contributed by atoms with Crippen molar-refractivity contribution >= 4 is 40.9 Å². The minimum Gasteiger partial charge on any atom is -0.385 e. The normalized spacial score (nSPS) is 13.5. The third kappa shape index (κ3) is 5.41. The van der Waals surface area contributed by atoms with E-state index in [0.717, 1.165) is 22.6 Å². The lowest BCUT2D eigenvalue weighted by Gasteiger charge is -2.34. The van der Waals surface area contributed by atoms with Gasteiger partial charge in [-0.05, 0) is 55.5 Å². The Kier molecular flexibility index (Phi) is 6.78. The van der Waals surface area contributed by atoms with Crippen LogP contribution in [0, 0.1) is 6.92 Å². The van der Waals surface area contributed by atoms with Gasteiger partial charge in [0.25, 0.3) is 11.8 Å². The van der Waals surface area contributed by atoms with Gasteiger partial charge in [-0.1, -0.05) is 23.7 Å². The van der Waals surface area contributed by atoms with Gasteiger partial charge in [-0.3, -0.25) is 9.59 Å². The van der Waals surface area contributed by atoms with Crippen LogP contribution in [0.25, 0.3) is 11.3 Å². The maximum absolute atomic E-state index is 13.0. The van der Waals surface area contributed by atoms with Crippen LogP contribution in [0.5, 0.6) is 0 Å². The standard InChI is InChI=1S/C27H26ClN7O2/c1-17-16-22(24(29)31-17)26(37)35-14-12-34(13-15-35)25(36)19-4-8-21(9-5-19)32-27-30-11-10-23(33-27)18-2-6-20(28)7-3-18/h2-11,16,31H,12-15,29H2,1H3,(H,30,32,33). The van der Waals surface area contributed by atoms with Gasteiger partial charge >= 0.3 is 0 Å². The first-order chi connectivity index (χ1) is 17.9. The number of carbonyl (C=O) groups is 2. The van der Waals surface area contributed by atoms with Crippen molar-refractivity contribution in [3.05, 3.63) is 88.7 Å². The summed E-state index contributed by atoms with van der Waals surface area (Å²) in [6, 6.07) is 18.2. The second-order valence-electron chi connectivity index (χ2n) is 8.84. The van der Waals surface area contributed by atoms with Crippen molar-refractivity contribution in [2.45, 2.75) is 6.92 Å². The first-order valence-corrected chi connectivity index (χ1v) is 12.2. The number of hydrogen-bond donors (Lipinski definition) is 3. The third-order valence-electron chi connectivity index (χ3n) is 6.25. The van der Waals surface area contributed by atoms with Crippen molar-refractivity contribution in [2.24, 2.45) is 0 Å². The SMILES string of the molecule is Cc1cc(C(=O)N2CCN(C(=O)c3ccc(Nc4nccc(-c5ccc(Cl)cc5)n4)cc3)CC2)c(N)[nH]1. The molecule has 10 heteroatoms. The van der Waals surface area contributed by atoms with Crippen molar-refractivity contribution in [1.29, 1.82) is 0 Å². The number of nitrogens with one attached hydrogen (secondary N) is 2. The number of nitrogens with zero attached hydrogens (tertiary/aromatic N) is 4. The predicted octanol–water partition coefficient (Wildman–Crippen LogP) is 4.36. The zero-order valence-electron chi connectivity index (χ0n) is 20.2. The Bertz CT molecular complexity index is 1430. The number of anilines is 3. The van der Waals surface area contributed by atoms with E-state index in [1.807, 2.05) is 49.4 Å². The summed E-state index contributed by atoms with van der Waals surface area (Å²) in [6.45, 7) is 3.68. The van der Waals surface area contributed by atoms with Gasteiger partial charge in [0.1, 0.15) is 5.82 Å². The van der Waals surface area contributed by atoms with Crippen LogP contribution < -0.4 is 11.1 Å². The molecule has 0 saturated carbocycles. The quantitative estimate of drug-likeness (QED) is 0.363. The lowest BCUT2D eigenvalue weighted by molar-refractivity contribution is 0.0536. The van der Waals surface area contributed by atoms with Crippen molar-refractivity contribution in [3.8, 4) is 11.3 Å². The average molecular weight is 516 g/mol. The second kappa shape index (κ2) is 10.3. The molecule has 188 valence electrons. The Morgan fingerprint density at radius 1 is 0.946 bits per heavy atom. The third-order valence-corrected chi connectivity index (χ3v) is 6.50. The van der Waals surface area contributed by atoms with Crippen LogP contribution in [0.1, 0.15) is 26.4 Å². The molecular formula is C27H26ClN7O2. The van der Waals surface area contributed by atoms with E-state index in [-0.39, 0.29) is 11.8 Å². The van der Waals surface area contributed by atoms with Crippen LogP contribution in [-0.4, -0.2) is 62.7 Å². The van der Waals surface area contributed by atoms with E-state index >= 15 is 0 Å². The number of nitrogen functional groups attached to an aromatic ring is 1. The van der Waals surface area contributed by atoms with E-state index in [0.29, 0.717) is 54.1 Å². The Morgan fingerprint density at radius 3 is 2.22 bits per heavy atom. The molecule has 2 aromatic heterocycles. The zero-order valence-corrected chi connectivity index (χ0v) is 21.0. The lowest BCUT2D eigenvalue weighted by atomic mass is 10.1. The number of amides is 2. The van der Waals surface area contributed by atoms with Gasteiger partial charge in [-0.2, -0.15) is 0 Å². The molecule has 0 atom stereocenters. The molecule has 1 fully saturated rings. The maximum Gasteiger partial charge on any atom is 0.257 e. The zero-order chi connectivity index (χ0) is 25.9. The summed E-state index contributed by atoms with van der Waals surface area (Å²) in [5.41, 5.74) is 10.3. The van der Waals surface area contributed by atoms with Gasteiger partial charge in [0.15, 0.2) is 0 Å². The van der Waals surface area contributed by atoms with Gasteiger partial charge in [-0.15, -0.1) is 0 Å². The number of piperazine rings is 1. The molecule has 2 aromatic carbocycles. The van der Waals surface area contributed by atoms with Crippen molar-refractivity contribution in [1.82, 2.24) is 24.8 Å². The topological polar surface area (TPSA) is 120 Å². The number of nitrogens with two attached hydrogens (primary N) is 1. The molecule has 9 nitrogen and oxygen atoms in total. The first-order valence-electron chi connectivity index (χ1n) is 11.9.